The quantitative estimate of drug-likeness (QED) is 0.848. The molecule has 1 atom stereocenters. The number of hydrogen-bond donors (Lipinski definition) is 1. The minimum Gasteiger partial charge on any atom is -0.435 e. The van der Waals surface area contributed by atoms with Crippen LogP contribution in [0.3, 0.4) is 0 Å². The van der Waals surface area contributed by atoms with Crippen LogP contribution in [0.1, 0.15) is 24.8 Å². The molecule has 2 aliphatic heterocycles. The summed E-state index contributed by atoms with van der Waals surface area (Å²) in [6, 6.07) is 16.1. The number of para-hydroxylation sites is 1. The third-order valence-corrected chi connectivity index (χ3v) is 5.04. The molecule has 0 bridgehead atoms. The molecule has 1 N–H and O–H groups in total. The third-order valence-electron chi connectivity index (χ3n) is 5.04. The normalized spacial score (nSPS) is 22.7. The number of amidine groups is 1. The van der Waals surface area contributed by atoms with E-state index in [1.54, 1.807) is 12.1 Å². The molecule has 26 heavy (non-hydrogen) atoms. The van der Waals surface area contributed by atoms with Crippen LogP contribution in [0, 0.1) is 0 Å². The van der Waals surface area contributed by atoms with Crippen LogP contribution in [-0.4, -0.2) is 35.2 Å². The van der Waals surface area contributed by atoms with E-state index in [4.69, 9.17) is 0 Å². The van der Waals surface area contributed by atoms with Crippen LogP contribution in [0.25, 0.3) is 0 Å². The maximum atomic E-state index is 12.4. The Morgan fingerprint density at radius 3 is 2.46 bits per heavy atom. The highest BCUT2D eigenvalue weighted by molar-refractivity contribution is 5.97. The van der Waals surface area contributed by atoms with Crippen LogP contribution in [-0.2, 0) is 5.72 Å². The zero-order valence-electron chi connectivity index (χ0n) is 14.3. The van der Waals surface area contributed by atoms with Crippen molar-refractivity contribution in [1.82, 2.24) is 0 Å². The molecule has 4 nitrogen and oxygen atoms in total. The highest BCUT2D eigenvalue weighted by atomic mass is 19.3. The lowest BCUT2D eigenvalue weighted by molar-refractivity contribution is -0.538. The number of alkyl halides is 2. The van der Waals surface area contributed by atoms with E-state index < -0.39 is 12.3 Å². The first-order valence-electron chi connectivity index (χ1n) is 8.82. The predicted octanol–water partition coefficient (Wildman–Crippen LogP) is 3.55. The lowest BCUT2D eigenvalue weighted by atomic mass is 10.0. The third kappa shape index (κ3) is 2.94. The molecule has 4 rings (SSSR count). The van der Waals surface area contributed by atoms with Crippen molar-refractivity contribution in [2.45, 2.75) is 31.6 Å². The number of anilines is 1. The molecular weight excluding hydrogens is 338 g/mol. The van der Waals surface area contributed by atoms with Gasteiger partial charge in [-0.1, -0.05) is 18.2 Å². The monoisotopic (exact) mass is 359 g/mol. The van der Waals surface area contributed by atoms with Gasteiger partial charge in [-0.3, -0.25) is 4.58 Å². The van der Waals surface area contributed by atoms with Gasteiger partial charge in [-0.05, 0) is 49.2 Å². The fraction of sp³-hybridized carbons (Fsp3) is 0.350. The van der Waals surface area contributed by atoms with Gasteiger partial charge in [0.25, 0.3) is 11.6 Å². The molecule has 0 amide bonds. The Kier molecular flexibility index (Phi) is 4.36. The van der Waals surface area contributed by atoms with Gasteiger partial charge in [0, 0.05) is 12.0 Å². The molecule has 0 saturated heterocycles. The molecule has 0 radical (unpaired) electrons. The average Bonchev–Trinajstić information content (AvgIpc) is 2.95. The van der Waals surface area contributed by atoms with E-state index in [-0.39, 0.29) is 5.75 Å². The average molecular weight is 359 g/mol. The minimum absolute atomic E-state index is 0.0852. The molecule has 136 valence electrons. The second-order valence-electron chi connectivity index (χ2n) is 6.69. The summed E-state index contributed by atoms with van der Waals surface area (Å²) < 4.78 is 31.4. The first-order valence-corrected chi connectivity index (χ1v) is 8.82. The predicted molar refractivity (Wildman–Crippen MR) is 94.7 cm³/mol. The SMILES string of the molecule is OC1(c2ccc(OC(F)F)cc2)C[N+]2=C(CCCC2)N1c1ccccc1. The van der Waals surface area contributed by atoms with Gasteiger partial charge in [-0.25, -0.2) is 0 Å². The fourth-order valence-corrected chi connectivity index (χ4v) is 3.91. The number of benzene rings is 2. The molecule has 2 heterocycles. The van der Waals surface area contributed by atoms with Crippen LogP contribution in [0.2, 0.25) is 0 Å². The summed E-state index contributed by atoms with van der Waals surface area (Å²) in [5.74, 6) is 1.19. The minimum atomic E-state index is -2.86. The standard InChI is InChI=1S/C20H21F2N2O2/c21-19(22)26-17-11-9-15(10-12-17)20(25)14-23-13-5-4-8-18(23)24(20)16-6-2-1-3-7-16/h1-3,6-7,9-12,19,25H,4-5,8,13-14H2/q+1. The Morgan fingerprint density at radius 1 is 1.04 bits per heavy atom. The Morgan fingerprint density at radius 2 is 1.77 bits per heavy atom. The second kappa shape index (κ2) is 6.68. The Bertz CT molecular complexity index is 808. The largest absolute Gasteiger partial charge is 0.435 e. The number of hydrogen-bond acceptors (Lipinski definition) is 3. The molecule has 1 unspecified atom stereocenters. The second-order valence-corrected chi connectivity index (χ2v) is 6.69. The molecular formula is C20H21F2N2O2+. The molecule has 2 aliphatic rings. The number of aliphatic hydroxyl groups is 1. The van der Waals surface area contributed by atoms with E-state index in [0.29, 0.717) is 12.1 Å². The van der Waals surface area contributed by atoms with Crippen LogP contribution in [0.15, 0.2) is 54.6 Å². The van der Waals surface area contributed by atoms with Gasteiger partial charge >= 0.3 is 6.61 Å². The van der Waals surface area contributed by atoms with E-state index in [0.717, 1.165) is 37.3 Å². The molecule has 2 aromatic carbocycles. The lowest BCUT2D eigenvalue weighted by Gasteiger charge is -2.29. The number of halogens is 2. The van der Waals surface area contributed by atoms with E-state index >= 15 is 0 Å². The summed E-state index contributed by atoms with van der Waals surface area (Å²) >= 11 is 0. The molecule has 6 heteroatoms. The molecule has 0 saturated carbocycles. The van der Waals surface area contributed by atoms with E-state index in [1.165, 1.54) is 12.1 Å². The summed E-state index contributed by atoms with van der Waals surface area (Å²) in [5.41, 5.74) is 0.330. The van der Waals surface area contributed by atoms with Crippen molar-refractivity contribution in [3.63, 3.8) is 0 Å². The zero-order chi connectivity index (χ0) is 18.1. The Hall–Kier alpha value is -2.47. The van der Waals surface area contributed by atoms with Gasteiger partial charge in [0.15, 0.2) is 6.54 Å². The van der Waals surface area contributed by atoms with Crippen molar-refractivity contribution in [1.29, 1.82) is 0 Å². The van der Waals surface area contributed by atoms with Crippen LogP contribution in [0.4, 0.5) is 14.5 Å². The summed E-state index contributed by atoms with van der Waals surface area (Å²) in [6.45, 7) is -1.50. The summed E-state index contributed by atoms with van der Waals surface area (Å²) in [7, 11) is 0. The first kappa shape index (κ1) is 17.0. The lowest BCUT2D eigenvalue weighted by Crippen LogP contribution is -2.47. The first-order chi connectivity index (χ1) is 12.6. The number of ether oxygens (including phenoxy) is 1. The Labute approximate surface area is 151 Å². The molecule has 0 aliphatic carbocycles. The fourth-order valence-electron chi connectivity index (χ4n) is 3.91. The maximum absolute atomic E-state index is 12.4. The van der Waals surface area contributed by atoms with Gasteiger partial charge in [-0.15, -0.1) is 0 Å². The van der Waals surface area contributed by atoms with Crippen LogP contribution in [0.5, 0.6) is 5.75 Å². The van der Waals surface area contributed by atoms with Gasteiger partial charge < -0.3 is 9.84 Å². The topological polar surface area (TPSA) is 35.7 Å². The van der Waals surface area contributed by atoms with Crippen LogP contribution < -0.4 is 9.64 Å². The van der Waals surface area contributed by atoms with Gasteiger partial charge in [0.1, 0.15) is 11.4 Å². The molecule has 0 spiro atoms. The van der Waals surface area contributed by atoms with E-state index in [1.807, 2.05) is 35.2 Å². The summed E-state index contributed by atoms with van der Waals surface area (Å²) in [4.78, 5) is 1.98. The Balaban J connectivity index is 1.73. The van der Waals surface area contributed by atoms with E-state index in [9.17, 15) is 13.9 Å². The van der Waals surface area contributed by atoms with E-state index in [2.05, 4.69) is 9.31 Å². The van der Waals surface area contributed by atoms with Crippen molar-refractivity contribution in [3.8, 4) is 5.75 Å². The van der Waals surface area contributed by atoms with Crippen molar-refractivity contribution >= 4 is 11.5 Å². The van der Waals surface area contributed by atoms with Gasteiger partial charge in [0.2, 0.25) is 0 Å². The highest BCUT2D eigenvalue weighted by Crippen LogP contribution is 2.38. The number of nitrogens with zero attached hydrogens (tertiary/aromatic N) is 2. The smallest absolute Gasteiger partial charge is 0.387 e. The van der Waals surface area contributed by atoms with Gasteiger partial charge in [-0.2, -0.15) is 13.7 Å². The molecule has 0 aromatic heterocycles. The summed E-state index contributed by atoms with van der Waals surface area (Å²) in [6.07, 6.45) is 3.10. The van der Waals surface area contributed by atoms with Gasteiger partial charge in [0.05, 0.1) is 6.54 Å². The van der Waals surface area contributed by atoms with Crippen molar-refractivity contribution in [2.75, 3.05) is 18.0 Å². The van der Waals surface area contributed by atoms with Crippen LogP contribution >= 0.6 is 0 Å². The number of rotatable bonds is 4. The molecule has 2 aromatic rings. The van der Waals surface area contributed by atoms with Crippen molar-refractivity contribution < 1.29 is 23.2 Å². The van der Waals surface area contributed by atoms with Crippen molar-refractivity contribution in [2.24, 2.45) is 0 Å². The zero-order valence-corrected chi connectivity index (χ0v) is 14.3. The van der Waals surface area contributed by atoms with Crippen molar-refractivity contribution in [3.05, 3.63) is 60.2 Å². The maximum Gasteiger partial charge on any atom is 0.387 e. The highest BCUT2D eigenvalue weighted by Gasteiger charge is 2.54. The summed E-state index contributed by atoms with van der Waals surface area (Å²) in [5, 5.41) is 11.7. The molecule has 0 fully saturated rings.